The van der Waals surface area contributed by atoms with Crippen molar-refractivity contribution < 1.29 is 25.0 Å². The molecule has 12 nitrogen and oxygen atoms in total. The van der Waals surface area contributed by atoms with E-state index in [1.54, 1.807) is 0 Å². The van der Waals surface area contributed by atoms with Gasteiger partial charge in [-0.15, -0.1) is 0 Å². The summed E-state index contributed by atoms with van der Waals surface area (Å²) in [7, 11) is 0. The SMILES string of the molecule is CCCCCCCC(C)NCCO.O=[N+]([O-])c1cc([N+](=O)[O-])c(O)c([N+](=O)[O-])c1. The number of non-ortho nitro benzene ring substituents is 1. The van der Waals surface area contributed by atoms with E-state index in [0.29, 0.717) is 18.2 Å². The molecule has 0 heterocycles. The highest BCUT2D eigenvalue weighted by molar-refractivity contribution is 5.64. The third-order valence-corrected chi connectivity index (χ3v) is 4.00. The molecule has 0 aliphatic carbocycles. The lowest BCUT2D eigenvalue weighted by Gasteiger charge is -2.12. The molecule has 1 aromatic carbocycles. The highest BCUT2D eigenvalue weighted by Gasteiger charge is 2.30. The summed E-state index contributed by atoms with van der Waals surface area (Å²) in [4.78, 5) is 27.8. The van der Waals surface area contributed by atoms with Crippen LogP contribution in [0.4, 0.5) is 17.1 Å². The van der Waals surface area contributed by atoms with Crippen molar-refractivity contribution >= 4 is 17.1 Å². The minimum Gasteiger partial charge on any atom is -0.497 e. The fourth-order valence-corrected chi connectivity index (χ4v) is 2.44. The molecule has 1 aromatic rings. The molecule has 1 atom stereocenters. The van der Waals surface area contributed by atoms with Crippen LogP contribution in [0.3, 0.4) is 0 Å². The summed E-state index contributed by atoms with van der Waals surface area (Å²) < 4.78 is 0. The van der Waals surface area contributed by atoms with Crippen molar-refractivity contribution in [3.63, 3.8) is 0 Å². The van der Waals surface area contributed by atoms with Crippen molar-refractivity contribution in [2.24, 2.45) is 0 Å². The fourth-order valence-electron chi connectivity index (χ4n) is 2.44. The van der Waals surface area contributed by atoms with Gasteiger partial charge in [0.1, 0.15) is 0 Å². The number of nitro benzene ring substituents is 3. The number of unbranched alkanes of at least 4 members (excludes halogenated alkanes) is 4. The summed E-state index contributed by atoms with van der Waals surface area (Å²) >= 11 is 0. The second kappa shape index (κ2) is 14.2. The minimum absolute atomic E-state index is 0.250. The second-order valence-corrected chi connectivity index (χ2v) is 6.39. The van der Waals surface area contributed by atoms with Gasteiger partial charge in [0.05, 0.1) is 33.5 Å². The van der Waals surface area contributed by atoms with Crippen molar-refractivity contribution in [2.45, 2.75) is 58.4 Å². The molecular formula is C17H28N4O8. The number of phenolic OH excluding ortho intramolecular Hbond substituents is 1. The summed E-state index contributed by atoms with van der Waals surface area (Å²) in [6.45, 7) is 5.41. The van der Waals surface area contributed by atoms with Crippen LogP contribution in [0.2, 0.25) is 0 Å². The van der Waals surface area contributed by atoms with E-state index in [0.717, 1.165) is 6.54 Å². The maximum atomic E-state index is 10.4. The highest BCUT2D eigenvalue weighted by atomic mass is 16.6. The van der Waals surface area contributed by atoms with E-state index >= 15 is 0 Å². The van der Waals surface area contributed by atoms with Gasteiger partial charge in [0.25, 0.3) is 11.4 Å². The van der Waals surface area contributed by atoms with Gasteiger partial charge in [0.15, 0.2) is 0 Å². The number of benzene rings is 1. The molecule has 0 bridgehead atoms. The molecule has 1 unspecified atom stereocenters. The average Bonchev–Trinajstić information content (AvgIpc) is 2.66. The normalized spacial score (nSPS) is 11.3. The lowest BCUT2D eigenvalue weighted by molar-refractivity contribution is -0.404. The molecule has 3 N–H and O–H groups in total. The van der Waals surface area contributed by atoms with Crippen LogP contribution in [-0.4, -0.2) is 44.2 Å². The molecule has 0 fully saturated rings. The van der Waals surface area contributed by atoms with Crippen LogP contribution < -0.4 is 5.32 Å². The van der Waals surface area contributed by atoms with Crippen molar-refractivity contribution in [3.8, 4) is 5.75 Å². The Kier molecular flexibility index (Phi) is 12.8. The molecule has 29 heavy (non-hydrogen) atoms. The van der Waals surface area contributed by atoms with Crippen LogP contribution in [0.1, 0.15) is 52.4 Å². The zero-order valence-electron chi connectivity index (χ0n) is 16.6. The van der Waals surface area contributed by atoms with Gasteiger partial charge >= 0.3 is 11.4 Å². The van der Waals surface area contributed by atoms with Gasteiger partial charge in [-0.25, -0.2) is 0 Å². The summed E-state index contributed by atoms with van der Waals surface area (Å²) in [6, 6.07) is 1.46. The Balaban J connectivity index is 0.000000555. The van der Waals surface area contributed by atoms with Gasteiger partial charge in [0.2, 0.25) is 0 Å². The Morgan fingerprint density at radius 2 is 1.48 bits per heavy atom. The zero-order chi connectivity index (χ0) is 22.4. The molecule has 0 saturated carbocycles. The minimum atomic E-state index is -1.21. The molecule has 12 heteroatoms. The highest BCUT2D eigenvalue weighted by Crippen LogP contribution is 2.38. The zero-order valence-corrected chi connectivity index (χ0v) is 16.6. The number of phenols is 1. The fraction of sp³-hybridized carbons (Fsp3) is 0.647. The number of aliphatic hydroxyl groups excluding tert-OH is 1. The molecule has 0 radical (unpaired) electrons. The molecule has 0 spiro atoms. The van der Waals surface area contributed by atoms with Gasteiger partial charge in [0, 0.05) is 12.6 Å². The monoisotopic (exact) mass is 416 g/mol. The van der Waals surface area contributed by atoms with Crippen LogP contribution in [0.5, 0.6) is 5.75 Å². The van der Waals surface area contributed by atoms with E-state index in [2.05, 4.69) is 19.2 Å². The summed E-state index contributed by atoms with van der Waals surface area (Å²) in [6.07, 6.45) is 7.99. The first-order valence-corrected chi connectivity index (χ1v) is 9.30. The van der Waals surface area contributed by atoms with E-state index in [4.69, 9.17) is 10.2 Å². The van der Waals surface area contributed by atoms with Crippen LogP contribution in [0, 0.1) is 30.3 Å². The number of nitrogens with zero attached hydrogens (tertiary/aromatic N) is 3. The molecule has 0 amide bonds. The maximum absolute atomic E-state index is 10.4. The number of rotatable bonds is 12. The third-order valence-electron chi connectivity index (χ3n) is 4.00. The first-order valence-electron chi connectivity index (χ1n) is 9.30. The lowest BCUT2D eigenvalue weighted by Crippen LogP contribution is -2.28. The Morgan fingerprint density at radius 1 is 0.966 bits per heavy atom. The molecule has 0 aliphatic rings. The molecule has 164 valence electrons. The third kappa shape index (κ3) is 10.3. The summed E-state index contributed by atoms with van der Waals surface area (Å²) in [5, 5.41) is 52.1. The summed E-state index contributed by atoms with van der Waals surface area (Å²) in [5.74, 6) is -1.21. The Hall–Kier alpha value is -2.86. The maximum Gasteiger partial charge on any atom is 0.324 e. The standard InChI is InChI=1S/C11H25NO.C6H3N3O7/c1-3-4-5-6-7-8-11(2)12-9-10-13;10-6-4(8(13)14)1-3(7(11)12)2-5(6)9(15)16/h11-13H,3-10H2,1-2H3;1-2,10H. The van der Waals surface area contributed by atoms with E-state index < -0.39 is 37.6 Å². The molecule has 1 rings (SSSR count). The largest absolute Gasteiger partial charge is 0.497 e. The molecule has 0 saturated heterocycles. The Bertz CT molecular complexity index is 648. The molecule has 0 aliphatic heterocycles. The van der Waals surface area contributed by atoms with Crippen molar-refractivity contribution in [1.29, 1.82) is 0 Å². The Morgan fingerprint density at radius 3 is 1.90 bits per heavy atom. The van der Waals surface area contributed by atoms with Crippen LogP contribution in [-0.2, 0) is 0 Å². The lowest BCUT2D eigenvalue weighted by atomic mass is 10.1. The number of aliphatic hydroxyl groups is 1. The Labute approximate surface area is 168 Å². The topological polar surface area (TPSA) is 182 Å². The number of nitrogens with one attached hydrogen (secondary N) is 1. The van der Waals surface area contributed by atoms with Gasteiger partial charge in [-0.1, -0.05) is 39.0 Å². The van der Waals surface area contributed by atoms with E-state index in [1.165, 1.54) is 38.5 Å². The van der Waals surface area contributed by atoms with Crippen molar-refractivity contribution in [3.05, 3.63) is 42.5 Å². The van der Waals surface area contributed by atoms with Crippen LogP contribution in [0.25, 0.3) is 0 Å². The predicted octanol–water partition coefficient (Wildman–Crippen LogP) is 3.43. The van der Waals surface area contributed by atoms with Crippen LogP contribution >= 0.6 is 0 Å². The number of hydrogen-bond acceptors (Lipinski definition) is 9. The van der Waals surface area contributed by atoms with Gasteiger partial charge in [-0.05, 0) is 13.3 Å². The van der Waals surface area contributed by atoms with E-state index in [9.17, 15) is 30.3 Å². The van der Waals surface area contributed by atoms with Gasteiger partial charge in [-0.3, -0.25) is 30.3 Å². The van der Waals surface area contributed by atoms with E-state index in [-0.39, 0.29) is 6.61 Å². The second-order valence-electron chi connectivity index (χ2n) is 6.39. The number of aromatic hydroxyl groups is 1. The van der Waals surface area contributed by atoms with E-state index in [1.807, 2.05) is 0 Å². The van der Waals surface area contributed by atoms with Gasteiger partial charge < -0.3 is 15.5 Å². The quantitative estimate of drug-likeness (QED) is 0.261. The van der Waals surface area contributed by atoms with Crippen molar-refractivity contribution in [2.75, 3.05) is 13.2 Å². The van der Waals surface area contributed by atoms with Crippen molar-refractivity contribution in [1.82, 2.24) is 5.32 Å². The first-order chi connectivity index (χ1) is 13.6. The predicted molar refractivity (Wildman–Crippen MR) is 106 cm³/mol. The number of hydrogen-bond donors (Lipinski definition) is 3. The smallest absolute Gasteiger partial charge is 0.324 e. The molecular weight excluding hydrogens is 388 g/mol. The molecule has 0 aromatic heterocycles. The first kappa shape index (κ1) is 26.1. The summed E-state index contributed by atoms with van der Waals surface area (Å²) in [5.41, 5.74) is -3.00. The van der Waals surface area contributed by atoms with Crippen LogP contribution in [0.15, 0.2) is 12.1 Å². The average molecular weight is 416 g/mol. The van der Waals surface area contributed by atoms with Gasteiger partial charge in [-0.2, -0.15) is 0 Å². The number of nitro groups is 3.